The van der Waals surface area contributed by atoms with E-state index in [1.807, 2.05) is 0 Å². The summed E-state index contributed by atoms with van der Waals surface area (Å²) in [6.45, 7) is 5.89. The fraction of sp³-hybridized carbons (Fsp3) is 0.923. The summed E-state index contributed by atoms with van der Waals surface area (Å²) in [5.74, 6) is 0.866. The molecule has 0 aliphatic carbocycles. The lowest BCUT2D eigenvalue weighted by molar-refractivity contribution is 0.0243. The molecular weight excluding hydrogens is 355 g/mol. The lowest BCUT2D eigenvalue weighted by Crippen LogP contribution is -2.45. The second-order valence-corrected chi connectivity index (χ2v) is 5.41. The van der Waals surface area contributed by atoms with Crippen molar-refractivity contribution in [2.24, 2.45) is 4.99 Å². The van der Waals surface area contributed by atoms with Crippen LogP contribution >= 0.6 is 24.0 Å². The van der Waals surface area contributed by atoms with E-state index in [2.05, 4.69) is 41.5 Å². The van der Waals surface area contributed by atoms with Gasteiger partial charge in [-0.1, -0.05) is 0 Å². The van der Waals surface area contributed by atoms with Gasteiger partial charge in [-0.15, -0.1) is 24.0 Å². The summed E-state index contributed by atoms with van der Waals surface area (Å²) in [5, 5.41) is 6.66. The molecule has 2 N–H and O–H groups in total. The summed E-state index contributed by atoms with van der Waals surface area (Å²) >= 11 is 0. The Labute approximate surface area is 134 Å². The van der Waals surface area contributed by atoms with Crippen LogP contribution in [0, 0.1) is 0 Å². The number of guanidine groups is 1. The van der Waals surface area contributed by atoms with Crippen LogP contribution in [0.2, 0.25) is 0 Å². The van der Waals surface area contributed by atoms with Gasteiger partial charge in [-0.05, 0) is 46.8 Å². The number of hydrogen-bond acceptors (Lipinski definition) is 3. The molecule has 0 saturated carbocycles. The number of halogens is 1. The maximum absolute atomic E-state index is 5.74. The van der Waals surface area contributed by atoms with E-state index in [1.165, 1.54) is 0 Å². The molecule has 1 heterocycles. The van der Waals surface area contributed by atoms with E-state index in [-0.39, 0.29) is 29.6 Å². The van der Waals surface area contributed by atoms with Gasteiger partial charge in [-0.25, -0.2) is 0 Å². The smallest absolute Gasteiger partial charge is 0.191 e. The van der Waals surface area contributed by atoms with Gasteiger partial charge in [0.2, 0.25) is 0 Å². The normalized spacial score (nSPS) is 23.3. The molecule has 0 spiro atoms. The molecule has 0 aromatic carbocycles. The van der Waals surface area contributed by atoms with Gasteiger partial charge >= 0.3 is 0 Å². The van der Waals surface area contributed by atoms with Crippen LogP contribution in [0.3, 0.4) is 0 Å². The van der Waals surface area contributed by atoms with Gasteiger partial charge in [0.1, 0.15) is 0 Å². The average molecular weight is 384 g/mol. The maximum Gasteiger partial charge on any atom is 0.191 e. The molecule has 0 radical (unpaired) electrons. The van der Waals surface area contributed by atoms with Crippen LogP contribution in [0.15, 0.2) is 4.99 Å². The van der Waals surface area contributed by atoms with Gasteiger partial charge in [0.25, 0.3) is 0 Å². The van der Waals surface area contributed by atoms with Gasteiger partial charge < -0.3 is 20.3 Å². The zero-order chi connectivity index (χ0) is 13.4. The van der Waals surface area contributed by atoms with Gasteiger partial charge in [-0.3, -0.25) is 4.99 Å². The van der Waals surface area contributed by atoms with Crippen molar-refractivity contribution < 1.29 is 4.74 Å². The third-order valence-corrected chi connectivity index (χ3v) is 3.23. The quantitative estimate of drug-likeness (QED) is 0.314. The zero-order valence-electron chi connectivity index (χ0n) is 12.7. The van der Waals surface area contributed by atoms with Gasteiger partial charge in [0.15, 0.2) is 5.96 Å². The molecule has 1 rings (SSSR count). The van der Waals surface area contributed by atoms with Crippen molar-refractivity contribution in [1.82, 2.24) is 15.5 Å². The standard InChI is InChI=1S/C13H28N4O.HI/c1-13(7-5-10-18-13)11-16-12(14-2)15-8-6-9-17(3)4;/h5-11H2,1-4H3,(H2,14,15,16);1H. The molecule has 1 saturated heterocycles. The first-order valence-corrected chi connectivity index (χ1v) is 6.79. The van der Waals surface area contributed by atoms with Crippen molar-refractivity contribution in [3.63, 3.8) is 0 Å². The Hall–Kier alpha value is -0.0800. The van der Waals surface area contributed by atoms with Crippen LogP contribution < -0.4 is 10.6 Å². The number of nitrogens with one attached hydrogen (secondary N) is 2. The van der Waals surface area contributed by atoms with E-state index < -0.39 is 0 Å². The number of rotatable bonds is 6. The average Bonchev–Trinajstić information content (AvgIpc) is 2.75. The fourth-order valence-electron chi connectivity index (χ4n) is 2.07. The van der Waals surface area contributed by atoms with Crippen molar-refractivity contribution >= 4 is 29.9 Å². The Morgan fingerprint density at radius 2 is 2.11 bits per heavy atom. The van der Waals surface area contributed by atoms with E-state index in [4.69, 9.17) is 4.74 Å². The number of nitrogens with zero attached hydrogens (tertiary/aromatic N) is 2. The highest BCUT2D eigenvalue weighted by molar-refractivity contribution is 14.0. The fourth-order valence-corrected chi connectivity index (χ4v) is 2.07. The molecule has 0 aromatic heterocycles. The van der Waals surface area contributed by atoms with Crippen LogP contribution in [0.4, 0.5) is 0 Å². The number of aliphatic imine (C=N–C) groups is 1. The largest absolute Gasteiger partial charge is 0.373 e. The van der Waals surface area contributed by atoms with E-state index in [0.29, 0.717) is 0 Å². The summed E-state index contributed by atoms with van der Waals surface area (Å²) in [6.07, 6.45) is 3.39. The number of ether oxygens (including phenoxy) is 1. The third-order valence-electron chi connectivity index (χ3n) is 3.23. The van der Waals surface area contributed by atoms with E-state index in [1.54, 1.807) is 7.05 Å². The second-order valence-electron chi connectivity index (χ2n) is 5.41. The predicted octanol–water partition coefficient (Wildman–Crippen LogP) is 1.29. The molecule has 1 aliphatic rings. The monoisotopic (exact) mass is 384 g/mol. The highest BCUT2D eigenvalue weighted by atomic mass is 127. The van der Waals surface area contributed by atoms with Crippen molar-refractivity contribution in [3.05, 3.63) is 0 Å². The Morgan fingerprint density at radius 1 is 1.37 bits per heavy atom. The Bertz CT molecular complexity index is 265. The molecular formula is C13H29IN4O. The topological polar surface area (TPSA) is 48.9 Å². The number of hydrogen-bond donors (Lipinski definition) is 2. The van der Waals surface area contributed by atoms with Crippen LogP contribution in [0.1, 0.15) is 26.2 Å². The van der Waals surface area contributed by atoms with Crippen LogP contribution in [0.5, 0.6) is 0 Å². The lowest BCUT2D eigenvalue weighted by atomic mass is 10.0. The van der Waals surface area contributed by atoms with Crippen molar-refractivity contribution in [2.75, 3.05) is 47.4 Å². The third kappa shape index (κ3) is 7.94. The molecule has 19 heavy (non-hydrogen) atoms. The van der Waals surface area contributed by atoms with Crippen molar-refractivity contribution in [2.45, 2.75) is 31.8 Å². The van der Waals surface area contributed by atoms with Crippen LogP contribution in [-0.2, 0) is 4.74 Å². The van der Waals surface area contributed by atoms with Gasteiger partial charge in [0, 0.05) is 26.7 Å². The summed E-state index contributed by atoms with van der Waals surface area (Å²) in [4.78, 5) is 6.41. The first-order chi connectivity index (χ1) is 8.56. The minimum atomic E-state index is -0.0265. The first-order valence-electron chi connectivity index (χ1n) is 6.79. The molecule has 1 fully saturated rings. The predicted molar refractivity (Wildman–Crippen MR) is 91.5 cm³/mol. The summed E-state index contributed by atoms with van der Waals surface area (Å²) in [6, 6.07) is 0. The molecule has 1 unspecified atom stereocenters. The molecule has 0 amide bonds. The first kappa shape index (κ1) is 18.9. The molecule has 0 aromatic rings. The Morgan fingerprint density at radius 3 is 2.63 bits per heavy atom. The Balaban J connectivity index is 0.00000324. The van der Waals surface area contributed by atoms with Gasteiger partial charge in [-0.2, -0.15) is 0 Å². The minimum Gasteiger partial charge on any atom is -0.373 e. The van der Waals surface area contributed by atoms with Crippen LogP contribution in [-0.4, -0.2) is 63.8 Å². The molecule has 0 bridgehead atoms. The van der Waals surface area contributed by atoms with E-state index >= 15 is 0 Å². The second kappa shape index (κ2) is 9.77. The maximum atomic E-state index is 5.74. The van der Waals surface area contributed by atoms with Crippen molar-refractivity contribution in [1.29, 1.82) is 0 Å². The molecule has 6 heteroatoms. The molecule has 5 nitrogen and oxygen atoms in total. The highest BCUT2D eigenvalue weighted by Gasteiger charge is 2.29. The van der Waals surface area contributed by atoms with Crippen LogP contribution in [0.25, 0.3) is 0 Å². The minimum absolute atomic E-state index is 0. The zero-order valence-corrected chi connectivity index (χ0v) is 15.0. The highest BCUT2D eigenvalue weighted by Crippen LogP contribution is 2.23. The lowest BCUT2D eigenvalue weighted by Gasteiger charge is -2.24. The van der Waals surface area contributed by atoms with Gasteiger partial charge in [0.05, 0.1) is 5.60 Å². The van der Waals surface area contributed by atoms with E-state index in [0.717, 1.165) is 51.5 Å². The summed E-state index contributed by atoms with van der Waals surface area (Å²) < 4.78 is 5.74. The SMILES string of the molecule is CN=C(NCCCN(C)C)NCC1(C)CCCO1.I. The molecule has 1 aliphatic heterocycles. The van der Waals surface area contributed by atoms with E-state index in [9.17, 15) is 0 Å². The molecule has 1 atom stereocenters. The molecule has 114 valence electrons. The summed E-state index contributed by atoms with van der Waals surface area (Å²) in [5.41, 5.74) is -0.0265. The van der Waals surface area contributed by atoms with Crippen molar-refractivity contribution in [3.8, 4) is 0 Å². The Kier molecular flexibility index (Phi) is 9.72. The summed E-state index contributed by atoms with van der Waals surface area (Å²) in [7, 11) is 5.98.